The number of para-hydroxylation sites is 1. The first-order valence-corrected chi connectivity index (χ1v) is 16.0. The Kier molecular flexibility index (Phi) is 9.44. The molecule has 0 bridgehead atoms. The minimum absolute atomic E-state index is 0.0585. The molecule has 0 spiro atoms. The molecular formula is C35H45N5O6. The summed E-state index contributed by atoms with van der Waals surface area (Å²) in [5.74, 6) is -0.776. The minimum Gasteiger partial charge on any atom is -0.462 e. The number of amides is 2. The van der Waals surface area contributed by atoms with Gasteiger partial charge >= 0.3 is 12.1 Å². The van der Waals surface area contributed by atoms with Gasteiger partial charge in [-0.15, -0.1) is 0 Å². The summed E-state index contributed by atoms with van der Waals surface area (Å²) < 4.78 is 12.7. The molecule has 0 unspecified atom stereocenters. The average Bonchev–Trinajstić information content (AvgIpc) is 3.28. The van der Waals surface area contributed by atoms with Crippen LogP contribution < -0.4 is 21.9 Å². The molecule has 2 aliphatic rings. The van der Waals surface area contributed by atoms with Crippen molar-refractivity contribution < 1.29 is 28.7 Å². The van der Waals surface area contributed by atoms with Gasteiger partial charge in [0.15, 0.2) is 0 Å². The van der Waals surface area contributed by atoms with Crippen LogP contribution in [0.3, 0.4) is 0 Å². The molecule has 1 aliphatic heterocycles. The molecule has 2 amide bonds. The zero-order valence-corrected chi connectivity index (χ0v) is 27.3. The van der Waals surface area contributed by atoms with Crippen molar-refractivity contribution in [2.45, 2.75) is 97.3 Å². The Balaban J connectivity index is 1.24. The fourth-order valence-corrected chi connectivity index (χ4v) is 6.50. The van der Waals surface area contributed by atoms with E-state index >= 15 is 0 Å². The summed E-state index contributed by atoms with van der Waals surface area (Å²) in [5.41, 5.74) is 15.0. The Morgan fingerprint density at radius 3 is 2.43 bits per heavy atom. The van der Waals surface area contributed by atoms with Crippen molar-refractivity contribution in [3.8, 4) is 11.1 Å². The quantitative estimate of drug-likeness (QED) is 0.133. The number of fused-ring (bicyclic) bond motifs is 3. The number of hydrogen-bond acceptors (Lipinski definition) is 8. The number of nitrogens with two attached hydrogens (primary N) is 1. The van der Waals surface area contributed by atoms with Crippen LogP contribution in [0.5, 0.6) is 0 Å². The maximum Gasteiger partial charge on any atom is 0.422 e. The molecule has 0 saturated heterocycles. The van der Waals surface area contributed by atoms with Crippen LogP contribution in [0.15, 0.2) is 42.5 Å². The van der Waals surface area contributed by atoms with Crippen LogP contribution in [0.1, 0.15) is 94.0 Å². The van der Waals surface area contributed by atoms with E-state index in [-0.39, 0.29) is 42.4 Å². The Bertz CT molecular complexity index is 1640. The largest absolute Gasteiger partial charge is 0.462 e. The van der Waals surface area contributed by atoms with E-state index in [1.165, 1.54) is 0 Å². The zero-order valence-electron chi connectivity index (χ0n) is 27.3. The van der Waals surface area contributed by atoms with Crippen LogP contribution in [0.4, 0.5) is 10.5 Å². The van der Waals surface area contributed by atoms with Crippen LogP contribution in [-0.4, -0.2) is 52.7 Å². The van der Waals surface area contributed by atoms with Gasteiger partial charge < -0.3 is 20.5 Å². The molecule has 5 rings (SSSR count). The van der Waals surface area contributed by atoms with Crippen LogP contribution in [0.2, 0.25) is 0 Å². The summed E-state index contributed by atoms with van der Waals surface area (Å²) in [5, 5.41) is 4.55. The van der Waals surface area contributed by atoms with Crippen molar-refractivity contribution in [3.05, 3.63) is 53.7 Å². The molecular weight excluding hydrogens is 586 g/mol. The van der Waals surface area contributed by atoms with Gasteiger partial charge in [-0.3, -0.25) is 24.4 Å². The van der Waals surface area contributed by atoms with Crippen molar-refractivity contribution in [3.63, 3.8) is 0 Å². The lowest BCUT2D eigenvalue weighted by Gasteiger charge is -2.31. The molecule has 2 aromatic carbocycles. The molecule has 1 saturated carbocycles. The predicted octanol–water partition coefficient (Wildman–Crippen LogP) is 5.71. The SMILES string of the molecule is CC1(C)CC(=O)n2c(c(-c3ccc(C(N)=O)c(NC4CCC(OC(=O)CCNNC(=O)OC(C)(C)C)CC4)c3)c3ccccc32)C1. The Morgan fingerprint density at radius 1 is 1.02 bits per heavy atom. The van der Waals surface area contributed by atoms with Gasteiger partial charge in [-0.2, -0.15) is 0 Å². The molecule has 246 valence electrons. The van der Waals surface area contributed by atoms with Gasteiger partial charge in [-0.05, 0) is 82.1 Å². The van der Waals surface area contributed by atoms with Gasteiger partial charge in [0.05, 0.1) is 17.5 Å². The van der Waals surface area contributed by atoms with Crippen LogP contribution >= 0.6 is 0 Å². The monoisotopic (exact) mass is 631 g/mol. The molecule has 1 fully saturated rings. The Morgan fingerprint density at radius 2 is 1.74 bits per heavy atom. The van der Waals surface area contributed by atoms with Gasteiger partial charge in [0.2, 0.25) is 5.91 Å². The molecule has 11 nitrogen and oxygen atoms in total. The summed E-state index contributed by atoms with van der Waals surface area (Å²) in [4.78, 5) is 49.8. The van der Waals surface area contributed by atoms with E-state index < -0.39 is 17.6 Å². The summed E-state index contributed by atoms with van der Waals surface area (Å²) in [6.07, 6.45) is 3.35. The number of hydrazine groups is 1. The van der Waals surface area contributed by atoms with E-state index in [9.17, 15) is 19.2 Å². The lowest BCUT2D eigenvalue weighted by Crippen LogP contribution is -2.42. The topological polar surface area (TPSA) is 154 Å². The molecule has 2 heterocycles. The number of benzene rings is 2. The number of nitrogens with zero attached hydrogens (tertiary/aromatic N) is 1. The number of esters is 1. The van der Waals surface area contributed by atoms with E-state index in [4.69, 9.17) is 15.2 Å². The number of ether oxygens (including phenoxy) is 2. The van der Waals surface area contributed by atoms with Gasteiger partial charge in [-0.25, -0.2) is 10.2 Å². The highest BCUT2D eigenvalue weighted by Gasteiger charge is 2.35. The molecule has 46 heavy (non-hydrogen) atoms. The van der Waals surface area contributed by atoms with Crippen molar-refractivity contribution in [1.29, 1.82) is 0 Å². The fraction of sp³-hybridized carbons (Fsp3) is 0.486. The Labute approximate surface area is 269 Å². The first kappa shape index (κ1) is 33.0. The second kappa shape index (κ2) is 13.2. The molecule has 0 radical (unpaired) electrons. The van der Waals surface area contributed by atoms with E-state index in [1.54, 1.807) is 26.8 Å². The van der Waals surface area contributed by atoms with Crippen molar-refractivity contribution in [2.24, 2.45) is 11.1 Å². The minimum atomic E-state index is -0.614. The zero-order chi connectivity index (χ0) is 33.2. The second-order valence-electron chi connectivity index (χ2n) is 14.1. The van der Waals surface area contributed by atoms with Crippen LogP contribution in [0.25, 0.3) is 22.0 Å². The number of carbonyl (C=O) groups excluding carboxylic acids is 4. The normalized spacial score (nSPS) is 19.3. The first-order chi connectivity index (χ1) is 21.7. The highest BCUT2D eigenvalue weighted by atomic mass is 16.6. The number of nitrogens with one attached hydrogen (secondary N) is 3. The molecule has 5 N–H and O–H groups in total. The smallest absolute Gasteiger partial charge is 0.422 e. The average molecular weight is 632 g/mol. The third-order valence-corrected chi connectivity index (χ3v) is 8.45. The third kappa shape index (κ3) is 7.70. The number of aromatic nitrogens is 1. The molecule has 1 aliphatic carbocycles. The van der Waals surface area contributed by atoms with Gasteiger partial charge in [0.1, 0.15) is 11.7 Å². The summed E-state index contributed by atoms with van der Waals surface area (Å²) in [7, 11) is 0. The number of hydrogen-bond donors (Lipinski definition) is 4. The lowest BCUT2D eigenvalue weighted by molar-refractivity contribution is -0.150. The van der Waals surface area contributed by atoms with E-state index in [0.717, 1.165) is 47.0 Å². The van der Waals surface area contributed by atoms with Crippen molar-refractivity contribution in [2.75, 3.05) is 11.9 Å². The predicted molar refractivity (Wildman–Crippen MR) is 176 cm³/mol. The third-order valence-electron chi connectivity index (χ3n) is 8.45. The van der Waals surface area contributed by atoms with Gasteiger partial charge in [0, 0.05) is 41.3 Å². The van der Waals surface area contributed by atoms with Crippen LogP contribution in [-0.2, 0) is 20.7 Å². The van der Waals surface area contributed by atoms with E-state index in [1.807, 2.05) is 41.0 Å². The maximum atomic E-state index is 13.3. The summed E-state index contributed by atoms with van der Waals surface area (Å²) in [6.45, 7) is 9.76. The highest BCUT2D eigenvalue weighted by molar-refractivity contribution is 6.06. The maximum absolute atomic E-state index is 13.3. The number of anilines is 1. The molecule has 3 aromatic rings. The van der Waals surface area contributed by atoms with E-state index in [0.29, 0.717) is 30.5 Å². The number of carbonyl (C=O) groups is 4. The van der Waals surface area contributed by atoms with Gasteiger partial charge in [0.25, 0.3) is 5.91 Å². The highest BCUT2D eigenvalue weighted by Crippen LogP contribution is 2.43. The summed E-state index contributed by atoms with van der Waals surface area (Å²) >= 11 is 0. The van der Waals surface area contributed by atoms with Crippen molar-refractivity contribution in [1.82, 2.24) is 15.4 Å². The van der Waals surface area contributed by atoms with Crippen molar-refractivity contribution >= 4 is 40.5 Å². The second-order valence-corrected chi connectivity index (χ2v) is 14.1. The first-order valence-electron chi connectivity index (χ1n) is 16.0. The lowest BCUT2D eigenvalue weighted by atomic mass is 9.80. The Hall–Kier alpha value is -4.38. The molecule has 1 aromatic heterocycles. The molecule has 11 heteroatoms. The summed E-state index contributed by atoms with van der Waals surface area (Å²) in [6, 6.07) is 13.7. The van der Waals surface area contributed by atoms with Gasteiger partial charge in [-0.1, -0.05) is 38.1 Å². The number of rotatable bonds is 9. The standard InChI is InChI=1S/C35H45N5O6/c1-34(2,3)46-33(44)39-37-17-16-30(42)45-23-13-11-22(12-14-23)38-26-18-21(10-15-24(26)32(36)43)31-25-8-6-7-9-27(25)40-28(31)19-35(4,5)20-29(40)41/h6-10,15,18,22-23,37-38H,11-14,16-17,19-20H2,1-5H3,(H2,36,43)(H,39,44). The van der Waals surface area contributed by atoms with E-state index in [2.05, 4.69) is 30.0 Å². The fourth-order valence-electron chi connectivity index (χ4n) is 6.50. The molecule has 0 atom stereocenters. The van der Waals surface area contributed by atoms with Crippen LogP contribution in [0, 0.1) is 5.41 Å². The number of primary amides is 1.